The first kappa shape index (κ1) is 22.2. The van der Waals surface area contributed by atoms with Crippen molar-refractivity contribution >= 4 is 11.9 Å². The van der Waals surface area contributed by atoms with Gasteiger partial charge in [-0.25, -0.2) is 15.0 Å². The highest BCUT2D eigenvalue weighted by Gasteiger charge is 2.39. The van der Waals surface area contributed by atoms with Crippen molar-refractivity contribution in [3.05, 3.63) is 42.1 Å². The third-order valence-electron chi connectivity index (χ3n) is 6.26. The van der Waals surface area contributed by atoms with E-state index in [1.807, 2.05) is 19.9 Å². The van der Waals surface area contributed by atoms with Crippen LogP contribution in [-0.2, 0) is 6.42 Å². The topological polar surface area (TPSA) is 110 Å². The van der Waals surface area contributed by atoms with Crippen LogP contribution in [0.25, 0.3) is 11.4 Å². The minimum absolute atomic E-state index is 0.00313. The third kappa shape index (κ3) is 4.71. The summed E-state index contributed by atoms with van der Waals surface area (Å²) in [4.78, 5) is 35.2. The molecule has 1 saturated carbocycles. The molecule has 0 spiro atoms. The highest BCUT2D eigenvalue weighted by atomic mass is 16.5. The van der Waals surface area contributed by atoms with Gasteiger partial charge in [0.25, 0.3) is 5.91 Å². The molecule has 0 unspecified atom stereocenters. The number of rotatable bonds is 8. The molecule has 5 rings (SSSR count). The zero-order valence-electron chi connectivity index (χ0n) is 19.6. The molecule has 2 aliphatic rings. The lowest BCUT2D eigenvalue weighted by Crippen LogP contribution is -2.48. The van der Waals surface area contributed by atoms with Crippen LogP contribution < -0.4 is 9.64 Å². The third-order valence-corrected chi connectivity index (χ3v) is 6.26. The summed E-state index contributed by atoms with van der Waals surface area (Å²) in [5.74, 6) is 1.82. The molecule has 34 heavy (non-hydrogen) atoms. The minimum atomic E-state index is 0.00313. The van der Waals surface area contributed by atoms with E-state index < -0.39 is 0 Å². The van der Waals surface area contributed by atoms with Gasteiger partial charge in [0.05, 0.1) is 12.2 Å². The summed E-state index contributed by atoms with van der Waals surface area (Å²) in [5.41, 5.74) is 1.29. The van der Waals surface area contributed by atoms with E-state index in [1.54, 1.807) is 24.7 Å². The largest absolute Gasteiger partial charge is 0.478 e. The van der Waals surface area contributed by atoms with Gasteiger partial charge in [0.1, 0.15) is 0 Å². The van der Waals surface area contributed by atoms with E-state index >= 15 is 0 Å². The Morgan fingerprint density at radius 2 is 1.79 bits per heavy atom. The fourth-order valence-corrected chi connectivity index (χ4v) is 4.32. The second-order valence-corrected chi connectivity index (χ2v) is 8.62. The van der Waals surface area contributed by atoms with Gasteiger partial charge in [-0.2, -0.15) is 4.98 Å². The van der Waals surface area contributed by atoms with Crippen LogP contribution in [0.2, 0.25) is 0 Å². The molecule has 2 fully saturated rings. The average molecular weight is 464 g/mol. The number of hydrogen-bond donors (Lipinski definition) is 0. The maximum absolute atomic E-state index is 13.4. The Bertz CT molecular complexity index is 1100. The number of nitrogens with zero attached hydrogens (tertiary/aromatic N) is 7. The van der Waals surface area contributed by atoms with Gasteiger partial charge in [-0.1, -0.05) is 12.1 Å². The molecule has 3 aromatic heterocycles. The summed E-state index contributed by atoms with van der Waals surface area (Å²) in [6, 6.07) is 4.72. The van der Waals surface area contributed by atoms with Crippen molar-refractivity contribution in [2.45, 2.75) is 58.0 Å². The van der Waals surface area contributed by atoms with Gasteiger partial charge in [-0.15, -0.1) is 0 Å². The van der Waals surface area contributed by atoms with Crippen LogP contribution in [0, 0.1) is 0 Å². The van der Waals surface area contributed by atoms with E-state index in [-0.39, 0.29) is 11.9 Å². The molecule has 0 bridgehead atoms. The van der Waals surface area contributed by atoms with Gasteiger partial charge in [-0.3, -0.25) is 4.79 Å². The highest BCUT2D eigenvalue weighted by Crippen LogP contribution is 2.34. The Balaban J connectivity index is 1.25. The number of aryl methyl sites for hydroxylation is 1. The fourth-order valence-electron chi connectivity index (χ4n) is 4.32. The Labute approximate surface area is 198 Å². The molecule has 3 aromatic rings. The molecular formula is C24H29N7O3. The van der Waals surface area contributed by atoms with Crippen molar-refractivity contribution in [2.24, 2.45) is 0 Å². The second-order valence-electron chi connectivity index (χ2n) is 8.62. The Kier molecular flexibility index (Phi) is 6.37. The van der Waals surface area contributed by atoms with E-state index in [0.717, 1.165) is 56.6 Å². The fraction of sp³-hybridized carbons (Fsp3) is 0.500. The number of piperidine rings is 1. The van der Waals surface area contributed by atoms with Crippen LogP contribution in [0.3, 0.4) is 0 Å². The summed E-state index contributed by atoms with van der Waals surface area (Å²) in [7, 11) is 0. The quantitative estimate of drug-likeness (QED) is 0.497. The van der Waals surface area contributed by atoms with Crippen LogP contribution in [0.4, 0.5) is 6.01 Å². The molecule has 10 heteroatoms. The second kappa shape index (κ2) is 9.74. The monoisotopic (exact) mass is 463 g/mol. The standard InChI is InChI=1S/C24H29N7O3/c1-3-20-28-24(34-29-20)30-11-9-19(10-12-30)31(18-6-7-18)23(32)17-14-26-22(27-15-17)16-5-8-21(25-13-16)33-4-2/h5,8,13-15,18-19H,3-4,6-7,9-12H2,1-2H3. The first-order valence-electron chi connectivity index (χ1n) is 12.0. The van der Waals surface area contributed by atoms with Crippen LogP contribution >= 0.6 is 0 Å². The molecule has 1 saturated heterocycles. The number of carbonyl (C=O) groups excluding carboxylic acids is 1. The normalized spacial score (nSPS) is 16.5. The first-order valence-corrected chi connectivity index (χ1v) is 12.0. The summed E-state index contributed by atoms with van der Waals surface area (Å²) < 4.78 is 10.8. The number of pyridine rings is 1. The maximum atomic E-state index is 13.4. The molecule has 0 aromatic carbocycles. The van der Waals surface area contributed by atoms with E-state index in [0.29, 0.717) is 35.9 Å². The summed E-state index contributed by atoms with van der Waals surface area (Å²) in [6.45, 7) is 6.05. The minimum Gasteiger partial charge on any atom is -0.478 e. The van der Waals surface area contributed by atoms with Crippen LogP contribution in [0.1, 0.15) is 55.7 Å². The predicted molar refractivity (Wildman–Crippen MR) is 125 cm³/mol. The van der Waals surface area contributed by atoms with Crippen LogP contribution in [-0.4, -0.2) is 67.7 Å². The molecule has 1 amide bonds. The van der Waals surface area contributed by atoms with E-state index in [1.165, 1.54) is 0 Å². The molecule has 4 heterocycles. The number of ether oxygens (including phenoxy) is 1. The molecule has 1 aliphatic heterocycles. The van der Waals surface area contributed by atoms with E-state index in [2.05, 4.69) is 34.9 Å². The lowest BCUT2D eigenvalue weighted by molar-refractivity contribution is 0.0628. The van der Waals surface area contributed by atoms with Crippen molar-refractivity contribution in [2.75, 3.05) is 24.6 Å². The molecule has 10 nitrogen and oxygen atoms in total. The van der Waals surface area contributed by atoms with Gasteiger partial charge in [-0.05, 0) is 38.7 Å². The van der Waals surface area contributed by atoms with Gasteiger partial charge in [0, 0.05) is 61.8 Å². The number of hydrogen-bond acceptors (Lipinski definition) is 9. The number of amides is 1. The van der Waals surface area contributed by atoms with Gasteiger partial charge < -0.3 is 19.1 Å². The Morgan fingerprint density at radius 1 is 1.06 bits per heavy atom. The summed E-state index contributed by atoms with van der Waals surface area (Å²) in [6.07, 6.45) is 9.50. The smallest absolute Gasteiger partial charge is 0.324 e. The van der Waals surface area contributed by atoms with E-state index in [4.69, 9.17) is 9.26 Å². The SMILES string of the molecule is CCOc1ccc(-c2ncc(C(=O)N(C3CC3)C3CCN(c4nc(CC)no4)CC3)cn2)cn1. The maximum Gasteiger partial charge on any atom is 0.324 e. The molecule has 178 valence electrons. The first-order chi connectivity index (χ1) is 16.7. The van der Waals surface area contributed by atoms with Crippen molar-refractivity contribution in [3.8, 4) is 17.3 Å². The van der Waals surface area contributed by atoms with E-state index in [9.17, 15) is 4.79 Å². The van der Waals surface area contributed by atoms with Crippen LogP contribution in [0.15, 0.2) is 35.2 Å². The molecule has 0 N–H and O–H groups in total. The van der Waals surface area contributed by atoms with Crippen molar-refractivity contribution in [1.82, 2.24) is 30.0 Å². The van der Waals surface area contributed by atoms with Crippen molar-refractivity contribution in [1.29, 1.82) is 0 Å². The predicted octanol–water partition coefficient (Wildman–Crippen LogP) is 3.16. The zero-order chi connectivity index (χ0) is 23.5. The zero-order valence-corrected chi connectivity index (χ0v) is 19.6. The van der Waals surface area contributed by atoms with Crippen LogP contribution in [0.5, 0.6) is 5.88 Å². The summed E-state index contributed by atoms with van der Waals surface area (Å²) in [5, 5.41) is 4.00. The van der Waals surface area contributed by atoms with Crippen molar-refractivity contribution in [3.63, 3.8) is 0 Å². The lowest BCUT2D eigenvalue weighted by atomic mass is 10.0. The molecular weight excluding hydrogens is 434 g/mol. The average Bonchev–Trinajstić information content (AvgIpc) is 3.60. The Morgan fingerprint density at radius 3 is 2.38 bits per heavy atom. The number of anilines is 1. The number of aromatic nitrogens is 5. The lowest BCUT2D eigenvalue weighted by Gasteiger charge is -2.38. The Hall–Kier alpha value is -3.56. The van der Waals surface area contributed by atoms with Gasteiger partial charge in [0.15, 0.2) is 11.6 Å². The number of carbonyl (C=O) groups is 1. The highest BCUT2D eigenvalue weighted by molar-refractivity contribution is 5.94. The molecule has 1 aliphatic carbocycles. The van der Waals surface area contributed by atoms with Crippen molar-refractivity contribution < 1.29 is 14.1 Å². The molecule has 0 atom stereocenters. The summed E-state index contributed by atoms with van der Waals surface area (Å²) >= 11 is 0. The van der Waals surface area contributed by atoms with Gasteiger partial charge >= 0.3 is 6.01 Å². The van der Waals surface area contributed by atoms with Gasteiger partial charge in [0.2, 0.25) is 5.88 Å². The molecule has 0 radical (unpaired) electrons.